The van der Waals surface area contributed by atoms with Gasteiger partial charge in [-0.05, 0) is 30.7 Å². The van der Waals surface area contributed by atoms with Crippen LogP contribution in [-0.2, 0) is 5.75 Å². The molecule has 17 heavy (non-hydrogen) atoms. The molecule has 2 rings (SSSR count). The first-order valence-corrected chi connectivity index (χ1v) is 7.09. The number of fused-ring (bicyclic) bond motifs is 1. The minimum Gasteiger partial charge on any atom is -0.328 e. The molecule has 90 valence electrons. The summed E-state index contributed by atoms with van der Waals surface area (Å²) < 4.78 is 0. The van der Waals surface area contributed by atoms with Crippen LogP contribution in [0.4, 0.5) is 0 Å². The van der Waals surface area contributed by atoms with Gasteiger partial charge in [0, 0.05) is 23.4 Å². The third-order valence-electron chi connectivity index (χ3n) is 2.69. The summed E-state index contributed by atoms with van der Waals surface area (Å²) in [4.78, 5) is 4.46. The Kier molecular flexibility index (Phi) is 4.40. The number of para-hydroxylation sites is 1. The van der Waals surface area contributed by atoms with Crippen LogP contribution in [0.2, 0.25) is 0 Å². The Labute approximate surface area is 107 Å². The summed E-state index contributed by atoms with van der Waals surface area (Å²) in [6, 6.07) is 10.8. The number of nitrogens with two attached hydrogens (primary N) is 1. The lowest BCUT2D eigenvalue weighted by Crippen LogP contribution is -2.15. The molecule has 1 heterocycles. The predicted molar refractivity (Wildman–Crippen MR) is 76.2 cm³/mol. The molecule has 2 nitrogen and oxygen atoms in total. The summed E-state index contributed by atoms with van der Waals surface area (Å²) in [6.45, 7) is 2.06. The van der Waals surface area contributed by atoms with E-state index in [1.807, 2.05) is 24.0 Å². The standard InChI is InChI=1S/C14H18N2S/c1-11(15)7-9-17-10-13-5-2-4-12-6-3-8-16-14(12)13/h2-6,8,11H,7,9-10,15H2,1H3. The van der Waals surface area contributed by atoms with E-state index in [0.717, 1.165) is 23.4 Å². The van der Waals surface area contributed by atoms with Gasteiger partial charge in [-0.3, -0.25) is 4.98 Å². The van der Waals surface area contributed by atoms with Gasteiger partial charge in [0.25, 0.3) is 0 Å². The maximum absolute atomic E-state index is 5.74. The summed E-state index contributed by atoms with van der Waals surface area (Å²) >= 11 is 1.93. The molecule has 1 atom stereocenters. The topological polar surface area (TPSA) is 38.9 Å². The Morgan fingerprint density at radius 2 is 2.12 bits per heavy atom. The predicted octanol–water partition coefficient (Wildman–Crippen LogP) is 3.21. The molecule has 1 unspecified atom stereocenters. The van der Waals surface area contributed by atoms with Crippen LogP contribution in [0.5, 0.6) is 0 Å². The highest BCUT2D eigenvalue weighted by atomic mass is 32.2. The first-order chi connectivity index (χ1) is 8.27. The molecule has 0 radical (unpaired) electrons. The third-order valence-corrected chi connectivity index (χ3v) is 3.73. The summed E-state index contributed by atoms with van der Waals surface area (Å²) in [5.41, 5.74) is 8.18. The number of benzene rings is 1. The second-order valence-corrected chi connectivity index (χ2v) is 5.42. The van der Waals surface area contributed by atoms with Crippen molar-refractivity contribution in [1.29, 1.82) is 0 Å². The Hall–Kier alpha value is -1.06. The van der Waals surface area contributed by atoms with Gasteiger partial charge in [0.05, 0.1) is 5.52 Å². The van der Waals surface area contributed by atoms with Gasteiger partial charge in [-0.15, -0.1) is 0 Å². The molecule has 0 fully saturated rings. The average molecular weight is 246 g/mol. The SMILES string of the molecule is CC(N)CCSCc1cccc2cccnc12. The van der Waals surface area contributed by atoms with Crippen molar-refractivity contribution < 1.29 is 0 Å². The average Bonchev–Trinajstić information content (AvgIpc) is 2.34. The Bertz CT molecular complexity index is 477. The lowest BCUT2D eigenvalue weighted by molar-refractivity contribution is 0.721. The Morgan fingerprint density at radius 3 is 2.94 bits per heavy atom. The van der Waals surface area contributed by atoms with E-state index in [1.54, 1.807) is 0 Å². The lowest BCUT2D eigenvalue weighted by atomic mass is 10.1. The molecule has 0 saturated carbocycles. The van der Waals surface area contributed by atoms with Gasteiger partial charge >= 0.3 is 0 Å². The van der Waals surface area contributed by atoms with E-state index >= 15 is 0 Å². The number of aromatic nitrogens is 1. The van der Waals surface area contributed by atoms with Crippen LogP contribution in [0.3, 0.4) is 0 Å². The van der Waals surface area contributed by atoms with Gasteiger partial charge in [0.1, 0.15) is 0 Å². The molecular weight excluding hydrogens is 228 g/mol. The summed E-state index contributed by atoms with van der Waals surface area (Å²) in [5, 5.41) is 1.22. The second-order valence-electron chi connectivity index (χ2n) is 4.31. The Balaban J connectivity index is 2.03. The highest BCUT2D eigenvalue weighted by Crippen LogP contribution is 2.21. The van der Waals surface area contributed by atoms with Gasteiger partial charge in [-0.25, -0.2) is 0 Å². The van der Waals surface area contributed by atoms with Crippen molar-refractivity contribution in [2.24, 2.45) is 5.73 Å². The molecule has 1 aromatic carbocycles. The van der Waals surface area contributed by atoms with E-state index in [9.17, 15) is 0 Å². The molecule has 0 saturated heterocycles. The highest BCUT2D eigenvalue weighted by molar-refractivity contribution is 7.98. The molecule has 0 aliphatic carbocycles. The van der Waals surface area contributed by atoms with Crippen LogP contribution < -0.4 is 5.73 Å². The van der Waals surface area contributed by atoms with Crippen LogP contribution in [0.1, 0.15) is 18.9 Å². The summed E-state index contributed by atoms with van der Waals surface area (Å²) in [7, 11) is 0. The van der Waals surface area contributed by atoms with Crippen molar-refractivity contribution >= 4 is 22.7 Å². The van der Waals surface area contributed by atoms with Crippen molar-refractivity contribution in [3.63, 3.8) is 0 Å². The molecule has 2 N–H and O–H groups in total. The first-order valence-electron chi connectivity index (χ1n) is 5.93. The van der Waals surface area contributed by atoms with Crippen molar-refractivity contribution in [3.05, 3.63) is 42.1 Å². The van der Waals surface area contributed by atoms with E-state index in [0.29, 0.717) is 6.04 Å². The minimum atomic E-state index is 0.299. The van der Waals surface area contributed by atoms with Crippen molar-refractivity contribution in [1.82, 2.24) is 4.98 Å². The fraction of sp³-hybridized carbons (Fsp3) is 0.357. The van der Waals surface area contributed by atoms with Gasteiger partial charge in [-0.2, -0.15) is 11.8 Å². The number of hydrogen-bond acceptors (Lipinski definition) is 3. The van der Waals surface area contributed by atoms with Crippen LogP contribution in [-0.4, -0.2) is 16.8 Å². The fourth-order valence-electron chi connectivity index (χ4n) is 1.74. The maximum atomic E-state index is 5.74. The zero-order valence-electron chi connectivity index (χ0n) is 10.1. The quantitative estimate of drug-likeness (QED) is 0.823. The van der Waals surface area contributed by atoms with E-state index in [-0.39, 0.29) is 0 Å². The van der Waals surface area contributed by atoms with Crippen molar-refractivity contribution in [2.75, 3.05) is 5.75 Å². The number of pyridine rings is 1. The van der Waals surface area contributed by atoms with Crippen molar-refractivity contribution in [3.8, 4) is 0 Å². The van der Waals surface area contributed by atoms with Gasteiger partial charge in [0.15, 0.2) is 0 Å². The number of nitrogens with zero attached hydrogens (tertiary/aromatic N) is 1. The fourth-order valence-corrected chi connectivity index (χ4v) is 2.87. The molecule has 0 aliphatic rings. The number of hydrogen-bond donors (Lipinski definition) is 1. The molecule has 0 bridgehead atoms. The largest absolute Gasteiger partial charge is 0.328 e. The van der Waals surface area contributed by atoms with Gasteiger partial charge in [-0.1, -0.05) is 24.3 Å². The maximum Gasteiger partial charge on any atom is 0.0742 e. The zero-order chi connectivity index (χ0) is 12.1. The summed E-state index contributed by atoms with van der Waals surface area (Å²) in [6.07, 6.45) is 2.93. The molecular formula is C14H18N2S. The van der Waals surface area contributed by atoms with E-state index in [1.165, 1.54) is 10.9 Å². The monoisotopic (exact) mass is 246 g/mol. The zero-order valence-corrected chi connectivity index (χ0v) is 10.9. The molecule has 3 heteroatoms. The third kappa shape index (κ3) is 3.45. The molecule has 0 amide bonds. The summed E-state index contributed by atoms with van der Waals surface area (Å²) in [5.74, 6) is 2.13. The normalized spacial score (nSPS) is 12.8. The highest BCUT2D eigenvalue weighted by Gasteiger charge is 2.02. The van der Waals surface area contributed by atoms with E-state index < -0.39 is 0 Å². The molecule has 1 aromatic heterocycles. The molecule has 0 spiro atoms. The smallest absolute Gasteiger partial charge is 0.0742 e. The van der Waals surface area contributed by atoms with Crippen LogP contribution in [0, 0.1) is 0 Å². The van der Waals surface area contributed by atoms with Crippen LogP contribution in [0.25, 0.3) is 10.9 Å². The van der Waals surface area contributed by atoms with Crippen LogP contribution >= 0.6 is 11.8 Å². The molecule has 0 aliphatic heterocycles. The van der Waals surface area contributed by atoms with Gasteiger partial charge in [0.2, 0.25) is 0 Å². The number of thioether (sulfide) groups is 1. The molecule has 2 aromatic rings. The minimum absolute atomic E-state index is 0.299. The van der Waals surface area contributed by atoms with E-state index in [4.69, 9.17) is 5.73 Å². The van der Waals surface area contributed by atoms with Crippen LogP contribution in [0.15, 0.2) is 36.5 Å². The lowest BCUT2D eigenvalue weighted by Gasteiger charge is -2.06. The Morgan fingerprint density at radius 1 is 1.29 bits per heavy atom. The second kappa shape index (κ2) is 6.03. The number of rotatable bonds is 5. The van der Waals surface area contributed by atoms with Crippen molar-refractivity contribution in [2.45, 2.75) is 25.1 Å². The van der Waals surface area contributed by atoms with E-state index in [2.05, 4.69) is 36.2 Å². The van der Waals surface area contributed by atoms with Gasteiger partial charge < -0.3 is 5.73 Å². The first kappa shape index (κ1) is 12.4.